The van der Waals surface area contributed by atoms with Crippen molar-refractivity contribution in [1.82, 2.24) is 5.32 Å². The lowest BCUT2D eigenvalue weighted by molar-refractivity contribution is 0.0878. The summed E-state index contributed by atoms with van der Waals surface area (Å²) in [6.07, 6.45) is 0.519. The van der Waals surface area contributed by atoms with E-state index in [1.807, 2.05) is 19.9 Å². The van der Waals surface area contributed by atoms with E-state index in [9.17, 15) is 4.79 Å². The van der Waals surface area contributed by atoms with Crippen LogP contribution in [0.15, 0.2) is 24.3 Å². The number of hydrogen-bond donors (Lipinski definition) is 2. The van der Waals surface area contributed by atoms with E-state index in [0.717, 1.165) is 0 Å². The molecule has 2 N–H and O–H groups in total. The van der Waals surface area contributed by atoms with Gasteiger partial charge in [0.15, 0.2) is 0 Å². The highest BCUT2D eigenvalue weighted by Gasteiger charge is 2.14. The Labute approximate surface area is 119 Å². The minimum absolute atomic E-state index is 0.00477. The van der Waals surface area contributed by atoms with Gasteiger partial charge in [0.25, 0.3) is 5.91 Å². The Morgan fingerprint density at radius 1 is 1.40 bits per heavy atom. The van der Waals surface area contributed by atoms with Crippen molar-refractivity contribution < 1.29 is 19.4 Å². The van der Waals surface area contributed by atoms with E-state index in [-0.39, 0.29) is 24.7 Å². The van der Waals surface area contributed by atoms with Gasteiger partial charge in [-0.2, -0.15) is 0 Å². The molecule has 1 aromatic rings. The van der Waals surface area contributed by atoms with Crippen molar-refractivity contribution in [1.29, 1.82) is 0 Å². The number of methoxy groups -OCH3 is 1. The number of aliphatic hydroxyl groups is 1. The molecule has 5 heteroatoms. The molecular formula is C15H23NO4. The van der Waals surface area contributed by atoms with Crippen LogP contribution in [0.5, 0.6) is 5.75 Å². The number of amides is 1. The largest absolute Gasteiger partial charge is 0.491 e. The Morgan fingerprint density at radius 2 is 2.15 bits per heavy atom. The van der Waals surface area contributed by atoms with E-state index in [1.54, 1.807) is 25.3 Å². The van der Waals surface area contributed by atoms with Crippen molar-refractivity contribution in [3.05, 3.63) is 29.8 Å². The molecule has 0 saturated carbocycles. The number of aliphatic hydroxyl groups excluding tert-OH is 1. The van der Waals surface area contributed by atoms with Crippen molar-refractivity contribution in [2.75, 3.05) is 20.3 Å². The van der Waals surface area contributed by atoms with Gasteiger partial charge in [-0.15, -0.1) is 0 Å². The van der Waals surface area contributed by atoms with Crippen LogP contribution in [0, 0.1) is 0 Å². The highest BCUT2D eigenvalue weighted by Crippen LogP contribution is 2.15. The molecule has 0 aliphatic heterocycles. The average molecular weight is 281 g/mol. The van der Waals surface area contributed by atoms with E-state index in [4.69, 9.17) is 14.6 Å². The molecule has 20 heavy (non-hydrogen) atoms. The molecular weight excluding hydrogens is 258 g/mol. The van der Waals surface area contributed by atoms with Gasteiger partial charge in [-0.1, -0.05) is 6.07 Å². The second-order valence-corrected chi connectivity index (χ2v) is 4.83. The molecule has 0 aromatic heterocycles. The molecule has 0 saturated heterocycles. The predicted molar refractivity (Wildman–Crippen MR) is 77.0 cm³/mol. The quantitative estimate of drug-likeness (QED) is 0.759. The Hall–Kier alpha value is -1.59. The van der Waals surface area contributed by atoms with E-state index in [0.29, 0.717) is 24.3 Å². The maximum atomic E-state index is 12.1. The Kier molecular flexibility index (Phi) is 7.04. The van der Waals surface area contributed by atoms with Crippen LogP contribution in [0.3, 0.4) is 0 Å². The summed E-state index contributed by atoms with van der Waals surface area (Å²) in [6, 6.07) is 6.83. The van der Waals surface area contributed by atoms with Crippen LogP contribution in [0.4, 0.5) is 0 Å². The minimum atomic E-state index is -0.202. The molecule has 5 nitrogen and oxygen atoms in total. The lowest BCUT2D eigenvalue weighted by Crippen LogP contribution is -2.38. The van der Waals surface area contributed by atoms with Gasteiger partial charge in [-0.05, 0) is 38.5 Å². The molecule has 1 atom stereocenters. The van der Waals surface area contributed by atoms with Gasteiger partial charge in [0.1, 0.15) is 5.75 Å². The molecule has 0 radical (unpaired) electrons. The van der Waals surface area contributed by atoms with Crippen molar-refractivity contribution in [3.8, 4) is 5.75 Å². The first kappa shape index (κ1) is 16.5. The summed E-state index contributed by atoms with van der Waals surface area (Å²) in [4.78, 5) is 12.1. The number of carbonyl (C=O) groups excluding carboxylic acids is 1. The van der Waals surface area contributed by atoms with Gasteiger partial charge in [-0.25, -0.2) is 0 Å². The van der Waals surface area contributed by atoms with Gasteiger partial charge in [-0.3, -0.25) is 4.79 Å². The van der Waals surface area contributed by atoms with E-state index in [2.05, 4.69) is 5.32 Å². The third-order valence-corrected chi connectivity index (χ3v) is 2.65. The topological polar surface area (TPSA) is 67.8 Å². The lowest BCUT2D eigenvalue weighted by atomic mass is 10.1. The third-order valence-electron chi connectivity index (χ3n) is 2.65. The SMILES string of the molecule is COCC(CCO)NC(=O)c1cccc(OC(C)C)c1. The van der Waals surface area contributed by atoms with Crippen LogP contribution >= 0.6 is 0 Å². The zero-order valence-electron chi connectivity index (χ0n) is 12.3. The van der Waals surface area contributed by atoms with E-state index in [1.165, 1.54) is 0 Å². The fourth-order valence-corrected chi connectivity index (χ4v) is 1.81. The number of carbonyl (C=O) groups is 1. The standard InChI is InChI=1S/C15H23NO4/c1-11(2)20-14-6-4-5-12(9-14)15(18)16-13(7-8-17)10-19-3/h4-6,9,11,13,17H,7-8,10H2,1-3H3,(H,16,18). The van der Waals surface area contributed by atoms with Gasteiger partial charge in [0, 0.05) is 19.3 Å². The van der Waals surface area contributed by atoms with Crippen molar-refractivity contribution >= 4 is 5.91 Å². The van der Waals surface area contributed by atoms with Crippen LogP contribution in [-0.2, 0) is 4.74 Å². The van der Waals surface area contributed by atoms with Crippen LogP contribution in [0.25, 0.3) is 0 Å². The molecule has 0 bridgehead atoms. The predicted octanol–water partition coefficient (Wildman–Crippen LogP) is 1.60. The summed E-state index contributed by atoms with van der Waals surface area (Å²) in [7, 11) is 1.56. The highest BCUT2D eigenvalue weighted by molar-refractivity contribution is 5.94. The molecule has 1 aromatic carbocycles. The van der Waals surface area contributed by atoms with Crippen molar-refractivity contribution in [3.63, 3.8) is 0 Å². The Bertz CT molecular complexity index is 414. The lowest BCUT2D eigenvalue weighted by Gasteiger charge is -2.17. The Morgan fingerprint density at radius 3 is 2.75 bits per heavy atom. The maximum Gasteiger partial charge on any atom is 0.251 e. The zero-order valence-corrected chi connectivity index (χ0v) is 12.3. The second-order valence-electron chi connectivity index (χ2n) is 4.83. The molecule has 0 fully saturated rings. The molecule has 0 heterocycles. The van der Waals surface area contributed by atoms with E-state index < -0.39 is 0 Å². The zero-order chi connectivity index (χ0) is 15.0. The van der Waals surface area contributed by atoms with Crippen LogP contribution in [0.2, 0.25) is 0 Å². The maximum absolute atomic E-state index is 12.1. The normalized spacial score (nSPS) is 12.2. The molecule has 1 amide bonds. The number of hydrogen-bond acceptors (Lipinski definition) is 4. The number of rotatable bonds is 8. The summed E-state index contributed by atoms with van der Waals surface area (Å²) in [5.74, 6) is 0.466. The minimum Gasteiger partial charge on any atom is -0.491 e. The number of nitrogens with one attached hydrogen (secondary N) is 1. The first-order chi connectivity index (χ1) is 9.56. The average Bonchev–Trinajstić information content (AvgIpc) is 2.38. The Balaban J connectivity index is 2.70. The smallest absolute Gasteiger partial charge is 0.251 e. The third kappa shape index (κ3) is 5.59. The van der Waals surface area contributed by atoms with Gasteiger partial charge in [0.05, 0.1) is 18.8 Å². The summed E-state index contributed by atoms with van der Waals surface area (Å²) in [5.41, 5.74) is 0.530. The summed E-state index contributed by atoms with van der Waals surface area (Å²) in [6.45, 7) is 4.24. The fraction of sp³-hybridized carbons (Fsp3) is 0.533. The molecule has 0 spiro atoms. The number of benzene rings is 1. The monoisotopic (exact) mass is 281 g/mol. The van der Waals surface area contributed by atoms with Gasteiger partial charge < -0.3 is 19.9 Å². The van der Waals surface area contributed by atoms with Crippen molar-refractivity contribution in [2.45, 2.75) is 32.4 Å². The summed E-state index contributed by atoms with van der Waals surface area (Å²) in [5, 5.41) is 11.8. The molecule has 112 valence electrons. The summed E-state index contributed by atoms with van der Waals surface area (Å²) >= 11 is 0. The first-order valence-corrected chi connectivity index (χ1v) is 6.74. The van der Waals surface area contributed by atoms with Crippen LogP contribution in [-0.4, -0.2) is 43.5 Å². The molecule has 0 aliphatic rings. The van der Waals surface area contributed by atoms with Crippen LogP contribution in [0.1, 0.15) is 30.6 Å². The number of ether oxygens (including phenoxy) is 2. The second kappa shape index (κ2) is 8.55. The van der Waals surface area contributed by atoms with Crippen LogP contribution < -0.4 is 10.1 Å². The fourth-order valence-electron chi connectivity index (χ4n) is 1.81. The molecule has 1 rings (SSSR count). The van der Waals surface area contributed by atoms with Gasteiger partial charge in [0.2, 0.25) is 0 Å². The highest BCUT2D eigenvalue weighted by atomic mass is 16.5. The molecule has 1 unspecified atom stereocenters. The summed E-state index contributed by atoms with van der Waals surface area (Å²) < 4.78 is 10.6. The van der Waals surface area contributed by atoms with E-state index >= 15 is 0 Å². The van der Waals surface area contributed by atoms with Crippen molar-refractivity contribution in [2.24, 2.45) is 0 Å². The van der Waals surface area contributed by atoms with Gasteiger partial charge >= 0.3 is 0 Å². The first-order valence-electron chi connectivity index (χ1n) is 6.74. The molecule has 0 aliphatic carbocycles.